The van der Waals surface area contributed by atoms with Crippen LogP contribution < -0.4 is 0 Å². The van der Waals surface area contributed by atoms with Gasteiger partial charge in [0.05, 0.1) is 18.9 Å². The smallest absolute Gasteiger partial charge is 0.309 e. The summed E-state index contributed by atoms with van der Waals surface area (Å²) in [6.45, 7) is 12.0. The molecular formula is C18H34O4. The van der Waals surface area contributed by atoms with Gasteiger partial charge in [-0.3, -0.25) is 9.59 Å². The minimum Gasteiger partial charge on any atom is -0.469 e. The van der Waals surface area contributed by atoms with Crippen LogP contribution >= 0.6 is 0 Å². The summed E-state index contributed by atoms with van der Waals surface area (Å²) >= 11 is 0. The Balaban J connectivity index is 0. The zero-order valence-corrected chi connectivity index (χ0v) is 15.0. The molecule has 2 atom stereocenters. The maximum Gasteiger partial charge on any atom is 0.309 e. The lowest BCUT2D eigenvalue weighted by atomic mass is 10.0. The Hall–Kier alpha value is -1.32. The van der Waals surface area contributed by atoms with E-state index in [1.54, 1.807) is 6.08 Å². The maximum atomic E-state index is 11.3. The summed E-state index contributed by atoms with van der Waals surface area (Å²) in [5, 5.41) is 0. The Morgan fingerprint density at radius 2 is 1.41 bits per heavy atom. The molecule has 0 aliphatic carbocycles. The van der Waals surface area contributed by atoms with Crippen molar-refractivity contribution in [3.05, 3.63) is 12.7 Å². The normalized spacial score (nSPS) is 12.4. The number of hydrogen-bond acceptors (Lipinski definition) is 4. The van der Waals surface area contributed by atoms with Gasteiger partial charge in [0.1, 0.15) is 6.61 Å². The molecule has 0 aromatic carbocycles. The fourth-order valence-electron chi connectivity index (χ4n) is 2.10. The largest absolute Gasteiger partial charge is 0.469 e. The lowest BCUT2D eigenvalue weighted by Crippen LogP contribution is -2.16. The van der Waals surface area contributed by atoms with E-state index in [1.807, 2.05) is 13.8 Å². The Labute approximate surface area is 136 Å². The number of rotatable bonds is 10. The molecule has 4 nitrogen and oxygen atoms in total. The predicted molar refractivity (Wildman–Crippen MR) is 90.6 cm³/mol. The average molecular weight is 314 g/mol. The molecule has 0 bridgehead atoms. The number of ether oxygens (including phenoxy) is 2. The highest BCUT2D eigenvalue weighted by atomic mass is 16.5. The molecule has 0 aliphatic heterocycles. The van der Waals surface area contributed by atoms with Crippen molar-refractivity contribution in [2.24, 2.45) is 11.8 Å². The van der Waals surface area contributed by atoms with Crippen LogP contribution in [-0.4, -0.2) is 25.7 Å². The van der Waals surface area contributed by atoms with Crippen LogP contribution in [0.5, 0.6) is 0 Å². The molecule has 2 unspecified atom stereocenters. The summed E-state index contributed by atoms with van der Waals surface area (Å²) in [5.41, 5.74) is 0. The SMILES string of the molecule is C=CCOC(=O)C(CC)CCC.CCCC(CC)C(=O)OC. The Kier molecular flexibility index (Phi) is 16.8. The van der Waals surface area contributed by atoms with E-state index >= 15 is 0 Å². The highest BCUT2D eigenvalue weighted by Gasteiger charge is 2.16. The first-order valence-corrected chi connectivity index (χ1v) is 8.37. The van der Waals surface area contributed by atoms with Gasteiger partial charge in [-0.2, -0.15) is 0 Å². The molecule has 0 saturated heterocycles. The third-order valence-electron chi connectivity index (χ3n) is 3.47. The van der Waals surface area contributed by atoms with Gasteiger partial charge in [0.15, 0.2) is 0 Å². The van der Waals surface area contributed by atoms with E-state index in [-0.39, 0.29) is 23.8 Å². The predicted octanol–water partition coefficient (Wildman–Crippen LogP) is 4.53. The average Bonchev–Trinajstić information content (AvgIpc) is 2.55. The Morgan fingerprint density at radius 3 is 1.73 bits per heavy atom. The molecule has 0 N–H and O–H groups in total. The minimum absolute atomic E-state index is 0.0654. The van der Waals surface area contributed by atoms with Crippen LogP contribution in [0.1, 0.15) is 66.2 Å². The van der Waals surface area contributed by atoms with Crippen LogP contribution in [0, 0.1) is 11.8 Å². The van der Waals surface area contributed by atoms with Crippen molar-refractivity contribution in [1.29, 1.82) is 0 Å². The second-order valence-corrected chi connectivity index (χ2v) is 5.23. The second kappa shape index (κ2) is 16.1. The van der Waals surface area contributed by atoms with E-state index in [9.17, 15) is 9.59 Å². The van der Waals surface area contributed by atoms with Gasteiger partial charge in [-0.05, 0) is 25.7 Å². The van der Waals surface area contributed by atoms with E-state index in [4.69, 9.17) is 4.74 Å². The van der Waals surface area contributed by atoms with Gasteiger partial charge in [0, 0.05) is 0 Å². The number of methoxy groups -OCH3 is 1. The molecule has 4 heteroatoms. The number of hydrogen-bond donors (Lipinski definition) is 0. The van der Waals surface area contributed by atoms with E-state index in [2.05, 4.69) is 25.2 Å². The molecule has 130 valence electrons. The summed E-state index contributed by atoms with van der Waals surface area (Å²) in [4.78, 5) is 22.2. The molecule has 0 rings (SSSR count). The van der Waals surface area contributed by atoms with E-state index in [0.717, 1.165) is 38.5 Å². The molecule has 0 heterocycles. The Bertz CT molecular complexity index is 299. The van der Waals surface area contributed by atoms with Gasteiger partial charge in [-0.25, -0.2) is 0 Å². The van der Waals surface area contributed by atoms with Crippen LogP contribution in [0.2, 0.25) is 0 Å². The van der Waals surface area contributed by atoms with E-state index in [0.29, 0.717) is 6.61 Å². The van der Waals surface area contributed by atoms with Crippen LogP contribution in [0.15, 0.2) is 12.7 Å². The van der Waals surface area contributed by atoms with Crippen LogP contribution in [0.4, 0.5) is 0 Å². The van der Waals surface area contributed by atoms with Crippen molar-refractivity contribution in [3.8, 4) is 0 Å². The van der Waals surface area contributed by atoms with Crippen LogP contribution in [0.25, 0.3) is 0 Å². The zero-order valence-electron chi connectivity index (χ0n) is 15.0. The molecule has 22 heavy (non-hydrogen) atoms. The molecule has 0 saturated carbocycles. The molecule has 0 aliphatic rings. The van der Waals surface area contributed by atoms with Gasteiger partial charge in [0.25, 0.3) is 0 Å². The summed E-state index contributed by atoms with van der Waals surface area (Å²) < 4.78 is 9.56. The van der Waals surface area contributed by atoms with Gasteiger partial charge in [-0.1, -0.05) is 53.2 Å². The van der Waals surface area contributed by atoms with Crippen molar-refractivity contribution < 1.29 is 19.1 Å². The molecule has 0 radical (unpaired) electrons. The van der Waals surface area contributed by atoms with Crippen molar-refractivity contribution in [3.63, 3.8) is 0 Å². The molecule has 0 fully saturated rings. The highest BCUT2D eigenvalue weighted by Crippen LogP contribution is 2.12. The second-order valence-electron chi connectivity index (χ2n) is 5.23. The monoisotopic (exact) mass is 314 g/mol. The Morgan fingerprint density at radius 1 is 0.955 bits per heavy atom. The van der Waals surface area contributed by atoms with Gasteiger partial charge in [0.2, 0.25) is 0 Å². The first-order chi connectivity index (χ1) is 10.5. The van der Waals surface area contributed by atoms with Gasteiger partial charge < -0.3 is 9.47 Å². The fourth-order valence-corrected chi connectivity index (χ4v) is 2.10. The van der Waals surface area contributed by atoms with Crippen molar-refractivity contribution in [2.75, 3.05) is 13.7 Å². The number of carbonyl (C=O) groups excluding carboxylic acids is 2. The maximum absolute atomic E-state index is 11.3. The molecule has 0 aromatic rings. The van der Waals surface area contributed by atoms with E-state index in [1.165, 1.54) is 7.11 Å². The van der Waals surface area contributed by atoms with Crippen molar-refractivity contribution in [1.82, 2.24) is 0 Å². The van der Waals surface area contributed by atoms with Crippen LogP contribution in [-0.2, 0) is 19.1 Å². The van der Waals surface area contributed by atoms with E-state index < -0.39 is 0 Å². The number of esters is 2. The third kappa shape index (κ3) is 11.4. The first kappa shape index (κ1) is 23.0. The molecular weight excluding hydrogens is 280 g/mol. The van der Waals surface area contributed by atoms with Gasteiger partial charge >= 0.3 is 11.9 Å². The third-order valence-corrected chi connectivity index (χ3v) is 3.47. The number of carbonyl (C=O) groups is 2. The highest BCUT2D eigenvalue weighted by molar-refractivity contribution is 5.72. The van der Waals surface area contributed by atoms with Crippen LogP contribution in [0.3, 0.4) is 0 Å². The molecule has 0 aromatic heterocycles. The molecule has 0 spiro atoms. The van der Waals surface area contributed by atoms with Gasteiger partial charge in [-0.15, -0.1) is 0 Å². The van der Waals surface area contributed by atoms with Crippen molar-refractivity contribution >= 4 is 11.9 Å². The lowest BCUT2D eigenvalue weighted by Gasteiger charge is -2.11. The summed E-state index contributed by atoms with van der Waals surface area (Å²) in [7, 11) is 1.45. The summed E-state index contributed by atoms with van der Waals surface area (Å²) in [6, 6.07) is 0. The standard InChI is InChI=1S/C10H18O2.C8H16O2/c1-4-7-9(6-3)10(11)12-8-5-2;1-4-6-7(5-2)8(9)10-3/h5,9H,2,4,6-8H2,1,3H3;7H,4-6H2,1-3H3. The zero-order chi connectivity index (χ0) is 17.4. The lowest BCUT2D eigenvalue weighted by molar-refractivity contribution is -0.148. The summed E-state index contributed by atoms with van der Waals surface area (Å²) in [6.07, 6.45) is 7.30. The summed E-state index contributed by atoms with van der Waals surface area (Å²) in [5.74, 6) is 0.0496. The molecule has 0 amide bonds. The minimum atomic E-state index is -0.0840. The first-order valence-electron chi connectivity index (χ1n) is 8.37. The fraction of sp³-hybridized carbons (Fsp3) is 0.778. The quantitative estimate of drug-likeness (QED) is 0.439. The topological polar surface area (TPSA) is 52.6 Å². The van der Waals surface area contributed by atoms with Crippen molar-refractivity contribution in [2.45, 2.75) is 66.2 Å².